The molecule has 0 heterocycles. The number of hydrogen-bond acceptors (Lipinski definition) is 5. The predicted molar refractivity (Wildman–Crippen MR) is 64.0 cm³/mol. The smallest absolute Gasteiger partial charge is 0.240 e. The molecule has 1 aromatic rings. The highest BCUT2D eigenvalue weighted by atomic mass is 32.2. The monoisotopic (exact) mass is 260 g/mol. The van der Waals surface area contributed by atoms with Crippen molar-refractivity contribution in [1.29, 1.82) is 0 Å². The van der Waals surface area contributed by atoms with Crippen molar-refractivity contribution in [1.82, 2.24) is 4.72 Å². The normalized spacial score (nSPS) is 12.6. The van der Waals surface area contributed by atoms with Crippen LogP contribution in [0, 0.1) is 0 Å². The third-order valence-electron chi connectivity index (χ3n) is 2.00. The van der Waals surface area contributed by atoms with Crippen molar-refractivity contribution in [2.45, 2.75) is 24.3 Å². The van der Waals surface area contributed by atoms with Crippen molar-refractivity contribution in [3.05, 3.63) is 18.2 Å². The number of aliphatic hydroxyl groups is 1. The lowest BCUT2D eigenvalue weighted by molar-refractivity contribution is 0.0857. The summed E-state index contributed by atoms with van der Waals surface area (Å²) in [4.78, 5) is -0.0583. The Balaban J connectivity index is 2.94. The van der Waals surface area contributed by atoms with Gasteiger partial charge in [0.1, 0.15) is 5.75 Å². The molecule has 0 aliphatic rings. The molecule has 0 spiro atoms. The minimum atomic E-state index is -3.73. The summed E-state index contributed by atoms with van der Waals surface area (Å²) in [5.74, 6) is -0.175. The van der Waals surface area contributed by atoms with Crippen LogP contribution in [0.1, 0.15) is 13.8 Å². The van der Waals surface area contributed by atoms with E-state index < -0.39 is 15.6 Å². The van der Waals surface area contributed by atoms with Gasteiger partial charge in [-0.1, -0.05) is 0 Å². The van der Waals surface area contributed by atoms with Gasteiger partial charge in [0, 0.05) is 6.54 Å². The summed E-state index contributed by atoms with van der Waals surface area (Å²) in [6, 6.07) is 3.59. The molecular weight excluding hydrogens is 244 g/mol. The molecule has 0 radical (unpaired) electrons. The zero-order valence-electron chi connectivity index (χ0n) is 9.64. The van der Waals surface area contributed by atoms with Crippen molar-refractivity contribution in [3.8, 4) is 5.75 Å². The van der Waals surface area contributed by atoms with Gasteiger partial charge in [-0.25, -0.2) is 13.1 Å². The lowest BCUT2D eigenvalue weighted by Gasteiger charge is -2.17. The maximum atomic E-state index is 11.8. The fourth-order valence-electron chi connectivity index (χ4n) is 1.05. The highest BCUT2D eigenvalue weighted by Gasteiger charge is 2.20. The molecule has 0 saturated heterocycles. The Morgan fingerprint density at radius 1 is 1.41 bits per heavy atom. The van der Waals surface area contributed by atoms with Gasteiger partial charge in [-0.2, -0.15) is 0 Å². The molecule has 0 amide bonds. The van der Waals surface area contributed by atoms with E-state index in [9.17, 15) is 18.6 Å². The number of anilines is 1. The quantitative estimate of drug-likeness (QED) is 0.450. The van der Waals surface area contributed by atoms with E-state index in [-0.39, 0.29) is 22.9 Å². The Morgan fingerprint density at radius 3 is 2.47 bits per heavy atom. The molecule has 0 saturated carbocycles. The molecule has 96 valence electrons. The van der Waals surface area contributed by atoms with Crippen molar-refractivity contribution in [3.63, 3.8) is 0 Å². The topological polar surface area (TPSA) is 113 Å². The largest absolute Gasteiger partial charge is 0.506 e. The summed E-state index contributed by atoms with van der Waals surface area (Å²) in [5, 5.41) is 18.6. The van der Waals surface area contributed by atoms with E-state index in [0.29, 0.717) is 0 Å². The molecule has 0 fully saturated rings. The highest BCUT2D eigenvalue weighted by Crippen LogP contribution is 2.23. The van der Waals surface area contributed by atoms with Crippen molar-refractivity contribution < 1.29 is 18.6 Å². The Morgan fingerprint density at radius 2 is 2.00 bits per heavy atom. The van der Waals surface area contributed by atoms with Crippen LogP contribution in [0.25, 0.3) is 0 Å². The number of hydrogen-bond donors (Lipinski definition) is 4. The van der Waals surface area contributed by atoms with Crippen LogP contribution in [0.3, 0.4) is 0 Å². The van der Waals surface area contributed by atoms with Crippen LogP contribution in [-0.4, -0.2) is 30.8 Å². The molecule has 6 nitrogen and oxygen atoms in total. The van der Waals surface area contributed by atoms with Crippen LogP contribution in [0.15, 0.2) is 23.1 Å². The second kappa shape index (κ2) is 4.52. The van der Waals surface area contributed by atoms with Gasteiger partial charge in [-0.05, 0) is 32.0 Å². The van der Waals surface area contributed by atoms with Crippen LogP contribution in [0.5, 0.6) is 5.75 Å². The molecule has 0 unspecified atom stereocenters. The summed E-state index contributed by atoms with van der Waals surface area (Å²) in [7, 11) is -3.73. The molecule has 1 aromatic carbocycles. The average Bonchev–Trinajstić information content (AvgIpc) is 2.18. The van der Waals surface area contributed by atoms with Gasteiger partial charge in [-0.3, -0.25) is 0 Å². The van der Waals surface area contributed by atoms with Gasteiger partial charge in [0.25, 0.3) is 0 Å². The summed E-state index contributed by atoms with van der Waals surface area (Å²) in [6.07, 6.45) is 0. The first-order valence-corrected chi connectivity index (χ1v) is 6.41. The molecule has 7 heteroatoms. The van der Waals surface area contributed by atoms with Crippen LogP contribution < -0.4 is 10.5 Å². The lowest BCUT2D eigenvalue weighted by atomic mass is 10.1. The third-order valence-corrected chi connectivity index (χ3v) is 3.40. The fourth-order valence-corrected chi connectivity index (χ4v) is 2.29. The number of benzene rings is 1. The summed E-state index contributed by atoms with van der Waals surface area (Å²) in [6.45, 7) is 2.86. The van der Waals surface area contributed by atoms with Gasteiger partial charge >= 0.3 is 0 Å². The standard InChI is InChI=1S/C10H16N2O4S/c1-10(2,14)6-12-17(15,16)7-3-4-9(13)8(11)5-7/h3-5,12-14H,6,11H2,1-2H3. The van der Waals surface area contributed by atoms with Gasteiger partial charge in [0.15, 0.2) is 0 Å². The number of aromatic hydroxyl groups is 1. The Hall–Kier alpha value is -1.31. The number of phenols is 1. The van der Waals surface area contributed by atoms with Crippen LogP contribution in [0.2, 0.25) is 0 Å². The first kappa shape index (κ1) is 13.8. The summed E-state index contributed by atoms with van der Waals surface area (Å²) < 4.78 is 25.8. The average molecular weight is 260 g/mol. The first-order valence-electron chi connectivity index (χ1n) is 4.92. The summed E-state index contributed by atoms with van der Waals surface area (Å²) >= 11 is 0. The second-order valence-corrected chi connectivity index (χ2v) is 6.12. The molecular formula is C10H16N2O4S. The lowest BCUT2D eigenvalue weighted by Crippen LogP contribution is -2.38. The Labute approximate surface area is 100 Å². The second-order valence-electron chi connectivity index (χ2n) is 4.36. The van der Waals surface area contributed by atoms with E-state index in [1.807, 2.05) is 0 Å². The van der Waals surface area contributed by atoms with Crippen molar-refractivity contribution >= 4 is 15.7 Å². The molecule has 0 bridgehead atoms. The molecule has 0 aromatic heterocycles. The maximum Gasteiger partial charge on any atom is 0.240 e. The van der Waals surface area contributed by atoms with E-state index in [1.54, 1.807) is 0 Å². The van der Waals surface area contributed by atoms with Crippen molar-refractivity contribution in [2.24, 2.45) is 0 Å². The Kier molecular flexibility index (Phi) is 3.65. The SMILES string of the molecule is CC(C)(O)CNS(=O)(=O)c1ccc(O)c(N)c1. The van der Waals surface area contributed by atoms with E-state index in [1.165, 1.54) is 26.0 Å². The number of nitrogens with two attached hydrogens (primary N) is 1. The zero-order chi connectivity index (χ0) is 13.3. The number of nitrogens with one attached hydrogen (secondary N) is 1. The van der Waals surface area contributed by atoms with E-state index in [4.69, 9.17) is 5.73 Å². The van der Waals surface area contributed by atoms with Gasteiger partial charge in [0.05, 0.1) is 16.2 Å². The third kappa shape index (κ3) is 3.88. The zero-order valence-corrected chi connectivity index (χ0v) is 10.5. The number of phenolic OH excluding ortho intramolecular Hbond substituents is 1. The molecule has 0 aliphatic carbocycles. The van der Waals surface area contributed by atoms with Crippen LogP contribution in [-0.2, 0) is 10.0 Å². The molecule has 1 rings (SSSR count). The molecule has 0 aliphatic heterocycles. The number of rotatable bonds is 4. The number of nitrogen functional groups attached to an aromatic ring is 1. The van der Waals surface area contributed by atoms with E-state index in [0.717, 1.165) is 6.07 Å². The molecule has 0 atom stereocenters. The van der Waals surface area contributed by atoms with Gasteiger partial charge in [-0.15, -0.1) is 0 Å². The van der Waals surface area contributed by atoms with Crippen LogP contribution >= 0.6 is 0 Å². The summed E-state index contributed by atoms with van der Waals surface area (Å²) in [5.41, 5.74) is 4.25. The van der Waals surface area contributed by atoms with E-state index >= 15 is 0 Å². The van der Waals surface area contributed by atoms with Gasteiger partial charge in [0.2, 0.25) is 10.0 Å². The van der Waals surface area contributed by atoms with Gasteiger partial charge < -0.3 is 15.9 Å². The first-order chi connectivity index (χ1) is 7.62. The van der Waals surface area contributed by atoms with Crippen LogP contribution in [0.4, 0.5) is 5.69 Å². The predicted octanol–water partition coefficient (Wildman–Crippen LogP) is 0.0236. The van der Waals surface area contributed by atoms with Crippen molar-refractivity contribution in [2.75, 3.05) is 12.3 Å². The van der Waals surface area contributed by atoms with E-state index in [2.05, 4.69) is 4.72 Å². The highest BCUT2D eigenvalue weighted by molar-refractivity contribution is 7.89. The molecule has 5 N–H and O–H groups in total. The fraction of sp³-hybridized carbons (Fsp3) is 0.400. The maximum absolute atomic E-state index is 11.8. The Bertz CT molecular complexity index is 506. The minimum absolute atomic E-state index is 0.0175. The molecule has 17 heavy (non-hydrogen) atoms. The number of sulfonamides is 1. The minimum Gasteiger partial charge on any atom is -0.506 e.